The minimum atomic E-state index is -0.0551. The highest BCUT2D eigenvalue weighted by Gasteiger charge is 2.31. The van der Waals surface area contributed by atoms with E-state index in [9.17, 15) is 0 Å². The molecule has 0 radical (unpaired) electrons. The van der Waals surface area contributed by atoms with Gasteiger partial charge in [0, 0.05) is 16.7 Å². The summed E-state index contributed by atoms with van der Waals surface area (Å²) in [6.07, 6.45) is 70.0. The molecule has 0 spiro atoms. The van der Waals surface area contributed by atoms with Gasteiger partial charge in [0.15, 0.2) is 0 Å². The van der Waals surface area contributed by atoms with E-state index in [2.05, 4.69) is 196 Å². The summed E-state index contributed by atoms with van der Waals surface area (Å²) in [5.41, 5.74) is 20.7. The van der Waals surface area contributed by atoms with Crippen molar-refractivity contribution in [1.82, 2.24) is 0 Å². The highest BCUT2D eigenvalue weighted by molar-refractivity contribution is 5.69. The molecule has 16 rings (SSSR count). The van der Waals surface area contributed by atoms with E-state index >= 15 is 13.2 Å². The standard InChI is InChI=1S/C32H45F.2C31H43F.C31H44/c1-3-5-6-8-25-11-13-26(14-12-25)27-17-19-29(20-18-27)31-22-21-30(23-32(31)33)28-15-9-24(7-4-2)10-16-28;1-3-5-6-7-24-10-14-25(15-11-24)26-16-18-28(19-17-26)30-21-20-29(22-31(30)32)27-12-8-23(4-2)9-13-27;1-3-5-7-24-10-12-25(13-11-24)26-16-18-28(19-17-26)30-21-20-29(22-31(30)32)27-14-8-23(6-4-2)9-15-27;1-4-6-24-8-12-26(13-9-24)27-16-18-29(19-17-27)31-21-20-30(22-23(31)3)28-14-10-25(7-5-2)11-15-28/h17-26,28H,3-16H2,1-2H3;2*16-25,27H,3-15H2,1-2H3;16-22,24-26,28H,4-15H2,1-3H3. The van der Waals surface area contributed by atoms with Gasteiger partial charge in [-0.2, -0.15) is 0 Å². The molecule has 8 aromatic rings. The highest BCUT2D eigenvalue weighted by Crippen LogP contribution is 2.48. The predicted octanol–water partition coefficient (Wildman–Crippen LogP) is 40.3. The van der Waals surface area contributed by atoms with Crippen LogP contribution in [0.2, 0.25) is 0 Å². The van der Waals surface area contributed by atoms with Crippen molar-refractivity contribution in [2.24, 2.45) is 47.3 Å². The van der Waals surface area contributed by atoms with Crippen LogP contribution in [0.25, 0.3) is 44.5 Å². The Kier molecular flexibility index (Phi) is 40.4. The van der Waals surface area contributed by atoms with Crippen molar-refractivity contribution in [3.8, 4) is 44.5 Å². The lowest BCUT2D eigenvalue weighted by Crippen LogP contribution is -2.13. The number of aryl methyl sites for hydroxylation is 1. The smallest absolute Gasteiger partial charge is 0.131 e. The van der Waals surface area contributed by atoms with Crippen molar-refractivity contribution in [3.63, 3.8) is 0 Å². The first kappa shape index (κ1) is 99.0. The molecule has 0 unspecified atom stereocenters. The maximum Gasteiger partial charge on any atom is 0.131 e. The second kappa shape index (κ2) is 52.3. The molecule has 8 saturated carbocycles. The summed E-state index contributed by atoms with van der Waals surface area (Å²) in [5.74, 6) is 12.6. The van der Waals surface area contributed by atoms with Gasteiger partial charge in [-0.1, -0.05) is 335 Å². The van der Waals surface area contributed by atoms with Crippen LogP contribution < -0.4 is 0 Å². The van der Waals surface area contributed by atoms with Crippen molar-refractivity contribution in [2.75, 3.05) is 0 Å². The van der Waals surface area contributed by atoms with E-state index in [1.807, 2.05) is 36.4 Å². The number of hydrogen-bond donors (Lipinski definition) is 0. The average Bonchev–Trinajstić information content (AvgIpc) is 0.818. The molecule has 0 heterocycles. The van der Waals surface area contributed by atoms with Gasteiger partial charge in [0.1, 0.15) is 17.5 Å². The van der Waals surface area contributed by atoms with Gasteiger partial charge < -0.3 is 0 Å². The first-order valence-corrected chi connectivity index (χ1v) is 54.6. The third kappa shape index (κ3) is 28.8. The summed E-state index contributed by atoms with van der Waals surface area (Å²) in [4.78, 5) is 0. The van der Waals surface area contributed by atoms with Gasteiger partial charge in [-0.25, -0.2) is 13.2 Å². The van der Waals surface area contributed by atoms with Crippen molar-refractivity contribution in [1.29, 1.82) is 0 Å². The number of unbranched alkanes of at least 4 members (excludes halogenated alkanes) is 5. The third-order valence-electron chi connectivity index (χ3n) is 34.4. The second-order valence-corrected chi connectivity index (χ2v) is 43.2. The van der Waals surface area contributed by atoms with Crippen LogP contribution in [-0.4, -0.2) is 0 Å². The zero-order valence-electron chi connectivity index (χ0n) is 82.3. The molecule has 0 amide bonds. The molecule has 0 aliphatic heterocycles. The summed E-state index contributed by atoms with van der Waals surface area (Å²) in [5, 5.41) is 0. The van der Waals surface area contributed by atoms with E-state index in [1.165, 1.54) is 384 Å². The van der Waals surface area contributed by atoms with Gasteiger partial charge in [-0.3, -0.25) is 0 Å². The van der Waals surface area contributed by atoms with E-state index in [1.54, 1.807) is 11.1 Å². The van der Waals surface area contributed by atoms with Gasteiger partial charge in [0.2, 0.25) is 0 Å². The number of benzene rings is 8. The van der Waals surface area contributed by atoms with Gasteiger partial charge in [-0.15, -0.1) is 0 Å². The van der Waals surface area contributed by atoms with Crippen molar-refractivity contribution < 1.29 is 13.2 Å². The monoisotopic (exact) mass is 1730 g/mol. The molecule has 0 aromatic heterocycles. The van der Waals surface area contributed by atoms with Crippen LogP contribution in [0, 0.1) is 71.7 Å². The number of hydrogen-bond acceptors (Lipinski definition) is 0. The summed E-state index contributed by atoms with van der Waals surface area (Å²) in [6, 6.07) is 61.5. The van der Waals surface area contributed by atoms with Crippen LogP contribution in [0.1, 0.15) is 487 Å². The summed E-state index contributed by atoms with van der Waals surface area (Å²) >= 11 is 0. The Morgan fingerprint density at radius 3 is 0.602 bits per heavy atom. The molecule has 0 atom stereocenters. The van der Waals surface area contributed by atoms with Crippen molar-refractivity contribution in [2.45, 2.75) is 444 Å². The largest absolute Gasteiger partial charge is 0.206 e. The Bertz CT molecular complexity index is 4420. The maximum absolute atomic E-state index is 15.1. The van der Waals surface area contributed by atoms with Crippen molar-refractivity contribution >= 4 is 0 Å². The summed E-state index contributed by atoms with van der Waals surface area (Å²) < 4.78 is 45.3. The lowest BCUT2D eigenvalue weighted by molar-refractivity contribution is 0.303. The van der Waals surface area contributed by atoms with E-state index in [0.717, 1.165) is 92.6 Å². The fraction of sp³-hybridized carbons (Fsp3) is 0.616. The molecule has 0 N–H and O–H groups in total. The van der Waals surface area contributed by atoms with Crippen LogP contribution in [0.5, 0.6) is 0 Å². The Labute approximate surface area is 780 Å². The molecule has 3 heteroatoms. The molecule has 8 aliphatic rings. The van der Waals surface area contributed by atoms with Crippen LogP contribution in [-0.2, 0) is 0 Å². The molecular formula is C125H175F3. The Morgan fingerprint density at radius 2 is 0.383 bits per heavy atom. The Hall–Kier alpha value is -6.45. The molecular weight excluding hydrogens is 1560 g/mol. The molecule has 696 valence electrons. The topological polar surface area (TPSA) is 0 Å². The summed E-state index contributed by atoms with van der Waals surface area (Å²) in [7, 11) is 0. The first-order chi connectivity index (χ1) is 62.7. The van der Waals surface area contributed by atoms with Gasteiger partial charge in [0.05, 0.1) is 0 Å². The van der Waals surface area contributed by atoms with Crippen LogP contribution >= 0.6 is 0 Å². The summed E-state index contributed by atoms with van der Waals surface area (Å²) in [6.45, 7) is 20.7. The molecule has 0 bridgehead atoms. The Balaban J connectivity index is 0.000000146. The predicted molar refractivity (Wildman–Crippen MR) is 547 cm³/mol. The average molecular weight is 1730 g/mol. The van der Waals surface area contributed by atoms with Gasteiger partial charge >= 0.3 is 0 Å². The lowest BCUT2D eigenvalue weighted by Gasteiger charge is -2.29. The van der Waals surface area contributed by atoms with Gasteiger partial charge in [0.25, 0.3) is 0 Å². The van der Waals surface area contributed by atoms with E-state index in [-0.39, 0.29) is 17.5 Å². The van der Waals surface area contributed by atoms with Gasteiger partial charge in [-0.05, 0) is 403 Å². The molecule has 128 heavy (non-hydrogen) atoms. The minimum absolute atomic E-state index is 0.0523. The second-order valence-electron chi connectivity index (χ2n) is 43.2. The molecule has 8 aromatic carbocycles. The molecule has 0 nitrogen and oxygen atoms in total. The highest BCUT2D eigenvalue weighted by atomic mass is 19.1. The molecule has 8 fully saturated rings. The third-order valence-corrected chi connectivity index (χ3v) is 34.4. The molecule has 8 aliphatic carbocycles. The Morgan fingerprint density at radius 1 is 0.188 bits per heavy atom. The number of halogens is 3. The van der Waals surface area contributed by atoms with Crippen LogP contribution in [0.4, 0.5) is 13.2 Å². The van der Waals surface area contributed by atoms with Crippen molar-refractivity contribution in [3.05, 3.63) is 237 Å². The fourth-order valence-corrected chi connectivity index (χ4v) is 25.9. The quantitative estimate of drug-likeness (QED) is 0.0369. The van der Waals surface area contributed by atoms with E-state index < -0.39 is 0 Å². The SMILES string of the molecule is CCCC1CCC(c2ccc(-c3ccc(C4CCC(CCC)CC4)cc3C)cc2)CC1.CCCCC1CCC(c2ccc(-c3ccc(C4CCC(CCC)CC4)cc3F)cc2)CC1.CCCCCC1CCC(c2ccc(-c3ccc(C4CCC(CC)CC4)cc3F)cc2)CC1.CCCCCC1CCC(c2ccc(-c3ccc(C4CCC(CCC)CC4)cc3F)cc2)CC1. The lowest BCUT2D eigenvalue weighted by atomic mass is 9.76. The van der Waals surface area contributed by atoms with E-state index in [0.29, 0.717) is 35.5 Å². The number of rotatable bonds is 32. The minimum Gasteiger partial charge on any atom is -0.206 e. The zero-order chi connectivity index (χ0) is 89.4. The van der Waals surface area contributed by atoms with E-state index in [4.69, 9.17) is 0 Å². The maximum atomic E-state index is 15.1. The van der Waals surface area contributed by atoms with Crippen LogP contribution in [0.15, 0.2) is 170 Å². The molecule has 0 saturated heterocycles. The first-order valence-electron chi connectivity index (χ1n) is 54.6. The zero-order valence-corrected chi connectivity index (χ0v) is 82.3. The fourth-order valence-electron chi connectivity index (χ4n) is 25.9. The normalized spacial score (nSPS) is 26.2. The van der Waals surface area contributed by atoms with Crippen LogP contribution in [0.3, 0.4) is 0 Å².